The molecule has 1 amide bonds. The van der Waals surface area contributed by atoms with Crippen molar-refractivity contribution in [3.8, 4) is 0 Å². The molecule has 29 heavy (non-hydrogen) atoms. The van der Waals surface area contributed by atoms with Gasteiger partial charge in [-0.1, -0.05) is 12.1 Å². The van der Waals surface area contributed by atoms with Gasteiger partial charge in [0.25, 0.3) is 5.91 Å². The molecule has 0 aliphatic rings. The van der Waals surface area contributed by atoms with Crippen LogP contribution in [0.15, 0.2) is 42.6 Å². The highest BCUT2D eigenvalue weighted by molar-refractivity contribution is 6.08. The van der Waals surface area contributed by atoms with Gasteiger partial charge in [-0.2, -0.15) is 0 Å². The number of esters is 1. The maximum absolute atomic E-state index is 12.6. The number of hydrogen-bond donors (Lipinski definition) is 1. The lowest BCUT2D eigenvalue weighted by molar-refractivity contribution is 0.0527. The van der Waals surface area contributed by atoms with Crippen LogP contribution in [0.5, 0.6) is 0 Å². The summed E-state index contributed by atoms with van der Waals surface area (Å²) in [6.07, 6.45) is 1.52. The standard InChI is InChI=1S/C23H25N3O3/c1-6-29-23(28)18-13-24-19-10-9-16(22(27)26(4)5)12-17(19)21(18)25-20-11-14(2)7-8-15(20)3/h7-13H,6H2,1-5H3,(H,24,25). The number of benzene rings is 2. The van der Waals surface area contributed by atoms with E-state index < -0.39 is 5.97 Å². The first-order chi connectivity index (χ1) is 13.8. The third kappa shape index (κ3) is 4.21. The summed E-state index contributed by atoms with van der Waals surface area (Å²) in [7, 11) is 3.41. The third-order valence-electron chi connectivity index (χ3n) is 4.67. The van der Waals surface area contributed by atoms with Gasteiger partial charge in [0.2, 0.25) is 0 Å². The Balaban J connectivity index is 2.24. The minimum Gasteiger partial charge on any atom is -0.462 e. The molecule has 6 nitrogen and oxygen atoms in total. The lowest BCUT2D eigenvalue weighted by atomic mass is 10.0. The first-order valence-corrected chi connectivity index (χ1v) is 9.47. The smallest absolute Gasteiger partial charge is 0.341 e. The van der Waals surface area contributed by atoms with Gasteiger partial charge in [-0.3, -0.25) is 9.78 Å². The van der Waals surface area contributed by atoms with E-state index in [1.54, 1.807) is 39.2 Å². The zero-order chi connectivity index (χ0) is 21.1. The number of nitrogens with zero attached hydrogens (tertiary/aromatic N) is 2. The van der Waals surface area contributed by atoms with Crippen LogP contribution in [0.3, 0.4) is 0 Å². The minimum atomic E-state index is -0.459. The van der Waals surface area contributed by atoms with Gasteiger partial charge in [0.1, 0.15) is 5.56 Å². The predicted molar refractivity (Wildman–Crippen MR) is 115 cm³/mol. The molecule has 0 radical (unpaired) electrons. The number of pyridine rings is 1. The number of aromatic nitrogens is 1. The van der Waals surface area contributed by atoms with Gasteiger partial charge >= 0.3 is 5.97 Å². The number of fused-ring (bicyclic) bond motifs is 1. The van der Waals surface area contributed by atoms with E-state index in [0.29, 0.717) is 27.7 Å². The number of amides is 1. The van der Waals surface area contributed by atoms with Crippen LogP contribution in [0.4, 0.5) is 11.4 Å². The SMILES string of the molecule is CCOC(=O)c1cnc2ccc(C(=O)N(C)C)cc2c1Nc1cc(C)ccc1C. The Labute approximate surface area is 170 Å². The summed E-state index contributed by atoms with van der Waals surface area (Å²) in [5.41, 5.74) is 5.13. The first-order valence-electron chi connectivity index (χ1n) is 9.47. The molecule has 2 aromatic carbocycles. The fourth-order valence-electron chi connectivity index (χ4n) is 3.09. The average molecular weight is 391 g/mol. The lowest BCUT2D eigenvalue weighted by Crippen LogP contribution is -2.21. The Morgan fingerprint density at radius 1 is 1.10 bits per heavy atom. The highest BCUT2D eigenvalue weighted by Gasteiger charge is 2.19. The van der Waals surface area contributed by atoms with Crippen molar-refractivity contribution in [2.75, 3.05) is 26.0 Å². The maximum atomic E-state index is 12.6. The van der Waals surface area contributed by atoms with Crippen LogP contribution in [0.25, 0.3) is 10.9 Å². The normalized spacial score (nSPS) is 10.7. The van der Waals surface area contributed by atoms with Crippen molar-refractivity contribution in [2.45, 2.75) is 20.8 Å². The molecular formula is C23H25N3O3. The molecule has 150 valence electrons. The van der Waals surface area contributed by atoms with Crippen LogP contribution in [-0.2, 0) is 4.74 Å². The topological polar surface area (TPSA) is 71.5 Å². The Hall–Kier alpha value is -3.41. The fourth-order valence-corrected chi connectivity index (χ4v) is 3.09. The van der Waals surface area contributed by atoms with E-state index in [0.717, 1.165) is 16.8 Å². The van der Waals surface area contributed by atoms with Crippen LogP contribution in [0, 0.1) is 13.8 Å². The van der Waals surface area contributed by atoms with E-state index in [1.165, 1.54) is 11.1 Å². The van der Waals surface area contributed by atoms with Crippen LogP contribution in [0.1, 0.15) is 38.8 Å². The molecule has 0 fully saturated rings. The summed E-state index contributed by atoms with van der Waals surface area (Å²) in [6.45, 7) is 6.03. The van der Waals surface area contributed by atoms with Gasteiger partial charge in [-0.05, 0) is 56.2 Å². The molecular weight excluding hydrogens is 366 g/mol. The van der Waals surface area contributed by atoms with Crippen LogP contribution in [-0.4, -0.2) is 42.5 Å². The third-order valence-corrected chi connectivity index (χ3v) is 4.67. The second kappa shape index (κ2) is 8.31. The van der Waals surface area contributed by atoms with Crippen molar-refractivity contribution < 1.29 is 14.3 Å². The van der Waals surface area contributed by atoms with E-state index in [-0.39, 0.29) is 12.5 Å². The number of carbonyl (C=O) groups excluding carboxylic acids is 2. The van der Waals surface area contributed by atoms with Gasteiger partial charge in [-0.25, -0.2) is 4.79 Å². The molecule has 1 aromatic heterocycles. The number of nitrogens with one attached hydrogen (secondary N) is 1. The van der Waals surface area contributed by atoms with Crippen molar-refractivity contribution in [2.24, 2.45) is 0 Å². The van der Waals surface area contributed by atoms with Gasteiger partial charge in [0, 0.05) is 36.9 Å². The Morgan fingerprint density at radius 2 is 1.86 bits per heavy atom. The van der Waals surface area contributed by atoms with E-state index in [9.17, 15) is 9.59 Å². The number of aryl methyl sites for hydroxylation is 2. The summed E-state index contributed by atoms with van der Waals surface area (Å²) in [5.74, 6) is -0.579. The Bertz CT molecular complexity index is 1090. The molecule has 0 bridgehead atoms. The molecule has 0 saturated heterocycles. The zero-order valence-corrected chi connectivity index (χ0v) is 17.4. The number of carbonyl (C=O) groups is 2. The van der Waals surface area contributed by atoms with E-state index in [1.807, 2.05) is 32.0 Å². The Morgan fingerprint density at radius 3 is 2.55 bits per heavy atom. The summed E-state index contributed by atoms with van der Waals surface area (Å²) < 4.78 is 5.23. The maximum Gasteiger partial charge on any atom is 0.341 e. The van der Waals surface area contributed by atoms with Gasteiger partial charge < -0.3 is 15.0 Å². The molecule has 0 aliphatic carbocycles. The molecule has 0 atom stereocenters. The van der Waals surface area contributed by atoms with Crippen LogP contribution in [0.2, 0.25) is 0 Å². The lowest BCUT2D eigenvalue weighted by Gasteiger charge is -2.17. The van der Waals surface area contributed by atoms with Crippen LogP contribution >= 0.6 is 0 Å². The highest BCUT2D eigenvalue weighted by Crippen LogP contribution is 2.32. The highest BCUT2D eigenvalue weighted by atomic mass is 16.5. The second-order valence-corrected chi connectivity index (χ2v) is 7.14. The minimum absolute atomic E-state index is 0.119. The average Bonchev–Trinajstić information content (AvgIpc) is 2.70. The fraction of sp³-hybridized carbons (Fsp3) is 0.261. The number of ether oxygens (including phenoxy) is 1. The van der Waals surface area contributed by atoms with Crippen molar-refractivity contribution in [1.29, 1.82) is 0 Å². The predicted octanol–water partition coefficient (Wildman–Crippen LogP) is 4.47. The summed E-state index contributed by atoms with van der Waals surface area (Å²) >= 11 is 0. The van der Waals surface area contributed by atoms with Crippen LogP contribution < -0.4 is 5.32 Å². The second-order valence-electron chi connectivity index (χ2n) is 7.14. The first kappa shape index (κ1) is 20.3. The van der Waals surface area contributed by atoms with Crippen molar-refractivity contribution in [3.63, 3.8) is 0 Å². The van der Waals surface area contributed by atoms with Crippen molar-refractivity contribution >= 4 is 34.2 Å². The molecule has 6 heteroatoms. The largest absolute Gasteiger partial charge is 0.462 e. The number of hydrogen-bond acceptors (Lipinski definition) is 5. The quantitative estimate of drug-likeness (QED) is 0.650. The summed E-state index contributed by atoms with van der Waals surface area (Å²) in [4.78, 5) is 31.0. The zero-order valence-electron chi connectivity index (χ0n) is 17.4. The van der Waals surface area contributed by atoms with E-state index in [2.05, 4.69) is 10.3 Å². The molecule has 3 aromatic rings. The Kier molecular flexibility index (Phi) is 5.82. The van der Waals surface area contributed by atoms with E-state index in [4.69, 9.17) is 4.74 Å². The van der Waals surface area contributed by atoms with Gasteiger partial charge in [-0.15, -0.1) is 0 Å². The van der Waals surface area contributed by atoms with Crippen molar-refractivity contribution in [3.05, 3.63) is 64.8 Å². The molecule has 0 unspecified atom stereocenters. The molecule has 3 rings (SSSR count). The monoisotopic (exact) mass is 391 g/mol. The summed E-state index contributed by atoms with van der Waals surface area (Å²) in [5, 5.41) is 4.08. The van der Waals surface area contributed by atoms with Gasteiger partial charge in [0.05, 0.1) is 17.8 Å². The van der Waals surface area contributed by atoms with Crippen molar-refractivity contribution in [1.82, 2.24) is 9.88 Å². The molecule has 0 spiro atoms. The molecule has 0 aliphatic heterocycles. The number of anilines is 2. The summed E-state index contributed by atoms with van der Waals surface area (Å²) in [6, 6.07) is 11.4. The molecule has 0 saturated carbocycles. The van der Waals surface area contributed by atoms with E-state index >= 15 is 0 Å². The number of rotatable bonds is 5. The molecule has 1 N–H and O–H groups in total. The van der Waals surface area contributed by atoms with Gasteiger partial charge in [0.15, 0.2) is 0 Å². The molecule has 1 heterocycles.